The molecule has 2 aromatic carbocycles. The number of fused-ring (bicyclic) bond motifs is 1. The van der Waals surface area contributed by atoms with Gasteiger partial charge in [-0.15, -0.1) is 0 Å². The van der Waals surface area contributed by atoms with Crippen molar-refractivity contribution in [3.63, 3.8) is 0 Å². The zero-order valence-corrected chi connectivity index (χ0v) is 21.4. The molecule has 0 aliphatic heterocycles. The molecule has 1 atom stereocenters. The summed E-state index contributed by atoms with van der Waals surface area (Å²) in [6, 6.07) is 18.7. The van der Waals surface area contributed by atoms with Crippen molar-refractivity contribution >= 4 is 10.9 Å². The Labute approximate surface area is 227 Å². The van der Waals surface area contributed by atoms with Crippen LogP contribution >= 0.6 is 0 Å². The Morgan fingerprint density at radius 2 is 1.68 bits per heavy atom. The van der Waals surface area contributed by atoms with Gasteiger partial charge < -0.3 is 9.67 Å². The fourth-order valence-corrected chi connectivity index (χ4v) is 4.77. The standard InChI is InChI=1S/C30H21F3N6O/c1-18-3-5-19(6-4-18)11-22-24(13-34)23-12-20(7-9-25(23)38-26(22)14-35)29(40,28-16-36-17-39(28)2)21-8-10-27(37-15-21)30(31,32)33/h3-10,12,15-17,40H,11H2,1-2H3. The molecule has 10 heteroatoms. The first-order valence-corrected chi connectivity index (χ1v) is 12.1. The molecule has 0 saturated carbocycles. The fourth-order valence-electron chi connectivity index (χ4n) is 4.77. The molecule has 5 rings (SSSR count). The average Bonchev–Trinajstić information content (AvgIpc) is 3.39. The number of rotatable bonds is 5. The van der Waals surface area contributed by atoms with Crippen LogP contribution in [-0.2, 0) is 25.2 Å². The van der Waals surface area contributed by atoms with Crippen molar-refractivity contribution in [1.29, 1.82) is 10.5 Å². The molecule has 0 spiro atoms. The number of hydrogen-bond donors (Lipinski definition) is 1. The minimum absolute atomic E-state index is 0.0726. The van der Waals surface area contributed by atoms with Crippen LogP contribution in [0.15, 0.2) is 73.3 Å². The van der Waals surface area contributed by atoms with E-state index in [4.69, 9.17) is 0 Å². The van der Waals surface area contributed by atoms with E-state index in [0.717, 1.165) is 29.5 Å². The molecule has 3 heterocycles. The maximum Gasteiger partial charge on any atom is 0.433 e. The van der Waals surface area contributed by atoms with E-state index in [9.17, 15) is 28.8 Å². The molecule has 0 fully saturated rings. The van der Waals surface area contributed by atoms with E-state index in [-0.39, 0.29) is 34.5 Å². The molecule has 198 valence electrons. The Kier molecular flexibility index (Phi) is 6.58. The van der Waals surface area contributed by atoms with Gasteiger partial charge in [0.2, 0.25) is 0 Å². The number of nitrogens with zero attached hydrogens (tertiary/aromatic N) is 6. The highest BCUT2D eigenvalue weighted by Gasteiger charge is 2.39. The van der Waals surface area contributed by atoms with Crippen LogP contribution in [0, 0.1) is 29.6 Å². The Bertz CT molecular complexity index is 1810. The van der Waals surface area contributed by atoms with Gasteiger partial charge in [0.25, 0.3) is 0 Å². The summed E-state index contributed by atoms with van der Waals surface area (Å²) in [7, 11) is 1.65. The number of aliphatic hydroxyl groups is 1. The summed E-state index contributed by atoms with van der Waals surface area (Å²) in [6.45, 7) is 1.96. The third-order valence-electron chi connectivity index (χ3n) is 6.88. The van der Waals surface area contributed by atoms with Crippen molar-refractivity contribution < 1.29 is 18.3 Å². The molecule has 7 nitrogen and oxygen atoms in total. The summed E-state index contributed by atoms with van der Waals surface area (Å²) < 4.78 is 41.2. The summed E-state index contributed by atoms with van der Waals surface area (Å²) in [4.78, 5) is 12.1. The van der Waals surface area contributed by atoms with Crippen LogP contribution in [0.4, 0.5) is 13.2 Å². The van der Waals surface area contributed by atoms with Crippen LogP contribution in [-0.4, -0.2) is 24.6 Å². The molecule has 1 N–H and O–H groups in total. The van der Waals surface area contributed by atoms with Crippen molar-refractivity contribution in [1.82, 2.24) is 19.5 Å². The van der Waals surface area contributed by atoms with E-state index >= 15 is 0 Å². The molecule has 3 aromatic heterocycles. The second-order valence-electron chi connectivity index (χ2n) is 9.46. The first-order chi connectivity index (χ1) is 19.1. The molecular weight excluding hydrogens is 517 g/mol. The van der Waals surface area contributed by atoms with Crippen LogP contribution in [0.25, 0.3) is 10.9 Å². The Hall–Kier alpha value is -5.06. The van der Waals surface area contributed by atoms with Crippen molar-refractivity contribution in [2.75, 3.05) is 0 Å². The minimum Gasteiger partial charge on any atom is -0.374 e. The lowest BCUT2D eigenvalue weighted by Gasteiger charge is -2.30. The van der Waals surface area contributed by atoms with Crippen LogP contribution in [0.1, 0.15) is 50.5 Å². The zero-order valence-electron chi connectivity index (χ0n) is 21.4. The number of pyridine rings is 2. The summed E-state index contributed by atoms with van der Waals surface area (Å²) in [5, 5.41) is 32.6. The highest BCUT2D eigenvalue weighted by molar-refractivity contribution is 5.88. The van der Waals surface area contributed by atoms with Gasteiger partial charge in [0.05, 0.1) is 29.3 Å². The van der Waals surface area contributed by atoms with Gasteiger partial charge in [0.15, 0.2) is 5.60 Å². The van der Waals surface area contributed by atoms with E-state index in [1.54, 1.807) is 29.8 Å². The first-order valence-electron chi connectivity index (χ1n) is 12.1. The van der Waals surface area contributed by atoms with E-state index < -0.39 is 17.5 Å². The summed E-state index contributed by atoms with van der Waals surface area (Å²) in [5.74, 6) is 0. The number of benzene rings is 2. The molecular formula is C30H21F3N6O. The monoisotopic (exact) mass is 538 g/mol. The highest BCUT2D eigenvalue weighted by Crippen LogP contribution is 2.39. The van der Waals surface area contributed by atoms with E-state index in [0.29, 0.717) is 16.5 Å². The van der Waals surface area contributed by atoms with Crippen LogP contribution in [0.2, 0.25) is 0 Å². The SMILES string of the molecule is Cc1ccc(Cc2c(C#N)nc3ccc(C(O)(c4ccc(C(F)(F)F)nc4)c4cncn4C)cc3c2C#N)cc1. The molecule has 0 radical (unpaired) electrons. The number of aryl methyl sites for hydroxylation is 2. The lowest BCUT2D eigenvalue weighted by atomic mass is 9.83. The normalized spacial score (nSPS) is 13.0. The van der Waals surface area contributed by atoms with Gasteiger partial charge in [-0.3, -0.25) is 4.98 Å². The highest BCUT2D eigenvalue weighted by atomic mass is 19.4. The van der Waals surface area contributed by atoms with Gasteiger partial charge in [0.1, 0.15) is 23.5 Å². The molecule has 0 bridgehead atoms. The average molecular weight is 539 g/mol. The second kappa shape index (κ2) is 9.92. The number of halogens is 3. The minimum atomic E-state index is -4.65. The van der Waals surface area contributed by atoms with E-state index in [1.807, 2.05) is 31.2 Å². The van der Waals surface area contributed by atoms with Crippen LogP contribution in [0.3, 0.4) is 0 Å². The molecule has 5 aromatic rings. The quantitative estimate of drug-likeness (QED) is 0.325. The number of hydrogen-bond acceptors (Lipinski definition) is 6. The lowest BCUT2D eigenvalue weighted by Crippen LogP contribution is -2.31. The molecule has 0 aliphatic carbocycles. The van der Waals surface area contributed by atoms with Crippen LogP contribution in [0.5, 0.6) is 0 Å². The van der Waals surface area contributed by atoms with Gasteiger partial charge in [-0.1, -0.05) is 42.0 Å². The number of nitriles is 2. The van der Waals surface area contributed by atoms with Crippen molar-refractivity contribution in [2.45, 2.75) is 25.1 Å². The fraction of sp³-hybridized carbons (Fsp3) is 0.167. The van der Waals surface area contributed by atoms with E-state index in [1.165, 1.54) is 12.5 Å². The van der Waals surface area contributed by atoms with Crippen molar-refractivity contribution in [3.8, 4) is 12.1 Å². The van der Waals surface area contributed by atoms with Gasteiger partial charge in [-0.2, -0.15) is 23.7 Å². The number of alkyl halides is 3. The van der Waals surface area contributed by atoms with Crippen LogP contribution < -0.4 is 0 Å². The number of aromatic nitrogens is 4. The first kappa shape index (κ1) is 26.5. The summed E-state index contributed by atoms with van der Waals surface area (Å²) in [6.07, 6.45) is -0.516. The zero-order chi connectivity index (χ0) is 28.7. The maximum absolute atomic E-state index is 13.2. The Morgan fingerprint density at radius 3 is 2.25 bits per heavy atom. The Morgan fingerprint density at radius 1 is 0.950 bits per heavy atom. The third-order valence-corrected chi connectivity index (χ3v) is 6.88. The van der Waals surface area contributed by atoms with Gasteiger partial charge in [-0.05, 0) is 36.2 Å². The van der Waals surface area contributed by atoms with Crippen molar-refractivity contribution in [2.24, 2.45) is 7.05 Å². The smallest absolute Gasteiger partial charge is 0.374 e. The predicted molar refractivity (Wildman–Crippen MR) is 140 cm³/mol. The van der Waals surface area contributed by atoms with Gasteiger partial charge in [-0.25, -0.2) is 9.97 Å². The molecule has 0 saturated heterocycles. The predicted octanol–water partition coefficient (Wildman–Crippen LogP) is 5.31. The van der Waals surface area contributed by atoms with Gasteiger partial charge >= 0.3 is 6.18 Å². The van der Waals surface area contributed by atoms with Gasteiger partial charge in [0, 0.05) is 36.2 Å². The molecule has 40 heavy (non-hydrogen) atoms. The molecule has 1 unspecified atom stereocenters. The number of imidazole rings is 1. The molecule has 0 amide bonds. The third kappa shape index (κ3) is 4.55. The van der Waals surface area contributed by atoms with E-state index in [2.05, 4.69) is 27.1 Å². The largest absolute Gasteiger partial charge is 0.433 e. The second-order valence-corrected chi connectivity index (χ2v) is 9.46. The summed E-state index contributed by atoms with van der Waals surface area (Å²) >= 11 is 0. The van der Waals surface area contributed by atoms with Crippen molar-refractivity contribution in [3.05, 3.63) is 124 Å². The topological polar surface area (TPSA) is 111 Å². The maximum atomic E-state index is 13.2. The Balaban J connectivity index is 1.73. The summed E-state index contributed by atoms with van der Waals surface area (Å²) in [5.41, 5.74) is 0.633. The molecule has 0 aliphatic rings. The lowest BCUT2D eigenvalue weighted by molar-refractivity contribution is -0.141.